The summed E-state index contributed by atoms with van der Waals surface area (Å²) >= 11 is 3.28. The predicted molar refractivity (Wildman–Crippen MR) is 88.3 cm³/mol. The van der Waals surface area contributed by atoms with E-state index in [2.05, 4.69) is 31.3 Å². The number of anilines is 1. The number of hydrogen-bond donors (Lipinski definition) is 1. The van der Waals surface area contributed by atoms with Crippen molar-refractivity contribution in [3.05, 3.63) is 56.9 Å². The maximum absolute atomic E-state index is 12.4. The van der Waals surface area contributed by atoms with Crippen LogP contribution in [0.25, 0.3) is 5.65 Å². The molecule has 0 fully saturated rings. The molecule has 0 saturated heterocycles. The first kappa shape index (κ1) is 15.9. The van der Waals surface area contributed by atoms with Crippen LogP contribution in [0.1, 0.15) is 10.5 Å². The van der Waals surface area contributed by atoms with Gasteiger partial charge in [-0.15, -0.1) is 0 Å². The van der Waals surface area contributed by atoms with E-state index in [4.69, 9.17) is 4.74 Å². The Morgan fingerprint density at radius 2 is 2.25 bits per heavy atom. The van der Waals surface area contributed by atoms with Crippen LogP contribution in [0.4, 0.5) is 11.4 Å². The van der Waals surface area contributed by atoms with Crippen molar-refractivity contribution in [3.63, 3.8) is 0 Å². The first-order chi connectivity index (χ1) is 11.5. The second-order valence-electron chi connectivity index (χ2n) is 4.64. The van der Waals surface area contributed by atoms with Crippen LogP contribution in [-0.4, -0.2) is 32.5 Å². The van der Waals surface area contributed by atoms with Crippen LogP contribution in [0, 0.1) is 10.1 Å². The quantitative estimate of drug-likeness (QED) is 0.540. The Balaban J connectivity index is 1.97. The molecule has 24 heavy (non-hydrogen) atoms. The molecule has 122 valence electrons. The summed E-state index contributed by atoms with van der Waals surface area (Å²) in [6.45, 7) is 0. The molecule has 1 aromatic carbocycles. The molecule has 0 saturated carbocycles. The van der Waals surface area contributed by atoms with E-state index in [1.54, 1.807) is 18.5 Å². The van der Waals surface area contributed by atoms with Crippen LogP contribution in [0.15, 0.2) is 41.1 Å². The molecular formula is C14H10BrN5O4. The van der Waals surface area contributed by atoms with Gasteiger partial charge in [0.15, 0.2) is 11.3 Å². The number of nitro benzene ring substituents is 1. The topological polar surface area (TPSA) is 112 Å². The molecule has 0 aliphatic carbocycles. The highest BCUT2D eigenvalue weighted by Gasteiger charge is 2.22. The number of rotatable bonds is 4. The van der Waals surface area contributed by atoms with Gasteiger partial charge in [-0.05, 0) is 34.1 Å². The zero-order chi connectivity index (χ0) is 17.3. The number of ether oxygens (including phenoxy) is 1. The molecule has 0 aliphatic heterocycles. The van der Waals surface area contributed by atoms with Crippen molar-refractivity contribution in [2.24, 2.45) is 0 Å². The van der Waals surface area contributed by atoms with Crippen molar-refractivity contribution in [1.29, 1.82) is 0 Å². The predicted octanol–water partition coefficient (Wildman–Crippen LogP) is 2.66. The maximum atomic E-state index is 12.4. The van der Waals surface area contributed by atoms with E-state index in [0.717, 1.165) is 0 Å². The van der Waals surface area contributed by atoms with Crippen molar-refractivity contribution < 1.29 is 14.5 Å². The third-order valence-electron chi connectivity index (χ3n) is 3.20. The number of aromatic nitrogens is 3. The lowest BCUT2D eigenvalue weighted by molar-refractivity contribution is -0.384. The molecule has 0 bridgehead atoms. The third-order valence-corrected chi connectivity index (χ3v) is 3.93. The number of nitrogens with one attached hydrogen (secondary N) is 1. The molecule has 0 spiro atoms. The van der Waals surface area contributed by atoms with E-state index in [0.29, 0.717) is 15.9 Å². The van der Waals surface area contributed by atoms with Crippen LogP contribution >= 0.6 is 15.9 Å². The van der Waals surface area contributed by atoms with Gasteiger partial charge in [0.1, 0.15) is 11.4 Å². The molecule has 1 N–H and O–H groups in total. The fourth-order valence-electron chi connectivity index (χ4n) is 2.08. The summed E-state index contributed by atoms with van der Waals surface area (Å²) in [5.74, 6) is -0.279. The summed E-state index contributed by atoms with van der Waals surface area (Å²) in [4.78, 5) is 27.1. The summed E-state index contributed by atoms with van der Waals surface area (Å²) < 4.78 is 6.79. The van der Waals surface area contributed by atoms with Crippen LogP contribution in [0.2, 0.25) is 0 Å². The second kappa shape index (κ2) is 6.24. The van der Waals surface area contributed by atoms with Crippen LogP contribution in [0.3, 0.4) is 0 Å². The molecule has 0 unspecified atom stereocenters. The number of nitro groups is 1. The van der Waals surface area contributed by atoms with E-state index < -0.39 is 10.8 Å². The number of carbonyl (C=O) groups is 1. The summed E-state index contributed by atoms with van der Waals surface area (Å²) in [6.07, 6.45) is 3.21. The number of halogens is 1. The Morgan fingerprint density at radius 1 is 1.46 bits per heavy atom. The Morgan fingerprint density at radius 3 is 2.92 bits per heavy atom. The molecule has 2 heterocycles. The van der Waals surface area contributed by atoms with Crippen molar-refractivity contribution in [3.8, 4) is 5.75 Å². The number of fused-ring (bicyclic) bond motifs is 1. The van der Waals surface area contributed by atoms with Crippen LogP contribution in [0.5, 0.6) is 5.75 Å². The zero-order valence-electron chi connectivity index (χ0n) is 12.3. The number of carbonyl (C=O) groups excluding carboxylic acids is 1. The fourth-order valence-corrected chi connectivity index (χ4v) is 2.62. The minimum absolute atomic E-state index is 0.0442. The normalized spacial score (nSPS) is 10.6. The Labute approximate surface area is 143 Å². The van der Waals surface area contributed by atoms with E-state index in [1.807, 2.05) is 0 Å². The van der Waals surface area contributed by atoms with E-state index in [-0.39, 0.29) is 17.1 Å². The number of hydrogen-bond acceptors (Lipinski definition) is 6. The minimum Gasteiger partial charge on any atom is -0.496 e. The molecule has 2 aromatic heterocycles. The summed E-state index contributed by atoms with van der Waals surface area (Å²) in [5.41, 5.74) is 0.300. The highest BCUT2D eigenvalue weighted by molar-refractivity contribution is 9.10. The summed E-state index contributed by atoms with van der Waals surface area (Å²) in [5, 5.41) is 17.8. The molecule has 1 amide bonds. The number of methoxy groups -OCH3 is 1. The largest absolute Gasteiger partial charge is 0.496 e. The lowest BCUT2D eigenvalue weighted by Crippen LogP contribution is -2.14. The number of amides is 1. The lowest BCUT2D eigenvalue weighted by Gasteiger charge is -2.06. The van der Waals surface area contributed by atoms with Crippen LogP contribution in [-0.2, 0) is 0 Å². The van der Waals surface area contributed by atoms with E-state index >= 15 is 0 Å². The average Bonchev–Trinajstić information content (AvgIpc) is 2.92. The van der Waals surface area contributed by atoms with E-state index in [1.165, 1.54) is 29.8 Å². The SMILES string of the molecule is COc1ccc(NC(=O)c2nn3cccnc3c2Br)c([N+](=O)[O-])c1. The number of benzene rings is 1. The molecule has 3 rings (SSSR count). The summed E-state index contributed by atoms with van der Waals surface area (Å²) in [7, 11) is 1.40. The van der Waals surface area contributed by atoms with Gasteiger partial charge in [-0.25, -0.2) is 9.50 Å². The van der Waals surface area contributed by atoms with Crippen molar-refractivity contribution in [1.82, 2.24) is 14.6 Å². The highest BCUT2D eigenvalue weighted by Crippen LogP contribution is 2.30. The number of nitrogens with zero attached hydrogens (tertiary/aromatic N) is 4. The Bertz CT molecular complexity index is 955. The van der Waals surface area contributed by atoms with Crippen molar-refractivity contribution >= 4 is 38.9 Å². The molecule has 0 aliphatic rings. The van der Waals surface area contributed by atoms with Crippen molar-refractivity contribution in [2.45, 2.75) is 0 Å². The zero-order valence-corrected chi connectivity index (χ0v) is 13.8. The minimum atomic E-state index is -0.599. The van der Waals surface area contributed by atoms with E-state index in [9.17, 15) is 14.9 Å². The van der Waals surface area contributed by atoms with Gasteiger partial charge in [0, 0.05) is 12.4 Å². The van der Waals surface area contributed by atoms with Crippen LogP contribution < -0.4 is 10.1 Å². The van der Waals surface area contributed by atoms with Gasteiger partial charge >= 0.3 is 0 Å². The Kier molecular flexibility index (Phi) is 4.13. The monoisotopic (exact) mass is 391 g/mol. The highest BCUT2D eigenvalue weighted by atomic mass is 79.9. The molecule has 9 nitrogen and oxygen atoms in total. The lowest BCUT2D eigenvalue weighted by atomic mass is 10.2. The Hall–Kier alpha value is -3.01. The fraction of sp³-hybridized carbons (Fsp3) is 0.0714. The van der Waals surface area contributed by atoms with Gasteiger partial charge in [0.25, 0.3) is 11.6 Å². The maximum Gasteiger partial charge on any atom is 0.296 e. The summed E-state index contributed by atoms with van der Waals surface area (Å²) in [6, 6.07) is 5.82. The van der Waals surface area contributed by atoms with Crippen molar-refractivity contribution in [2.75, 3.05) is 12.4 Å². The van der Waals surface area contributed by atoms with Gasteiger partial charge in [-0.2, -0.15) is 5.10 Å². The molecule has 0 radical (unpaired) electrons. The molecular weight excluding hydrogens is 382 g/mol. The van der Waals surface area contributed by atoms with Gasteiger partial charge < -0.3 is 10.1 Å². The standard InChI is InChI=1S/C14H10BrN5O4/c1-24-8-3-4-9(10(7-8)20(22)23)17-14(21)12-11(15)13-16-5-2-6-19(13)18-12/h2-7H,1H3,(H,17,21). The van der Waals surface area contributed by atoms with Gasteiger partial charge in [-0.1, -0.05) is 0 Å². The van der Waals surface area contributed by atoms with Gasteiger partial charge in [-0.3, -0.25) is 14.9 Å². The second-order valence-corrected chi connectivity index (χ2v) is 5.44. The third kappa shape index (κ3) is 2.78. The smallest absolute Gasteiger partial charge is 0.296 e. The molecule has 3 aromatic rings. The average molecular weight is 392 g/mol. The van der Waals surface area contributed by atoms with Gasteiger partial charge in [0.05, 0.1) is 22.6 Å². The van der Waals surface area contributed by atoms with Gasteiger partial charge in [0.2, 0.25) is 0 Å². The molecule has 0 atom stereocenters. The first-order valence-electron chi connectivity index (χ1n) is 6.64. The first-order valence-corrected chi connectivity index (χ1v) is 7.43. The molecule has 10 heteroatoms.